The van der Waals surface area contributed by atoms with Gasteiger partial charge in [-0.2, -0.15) is 4.31 Å². The van der Waals surface area contributed by atoms with E-state index in [0.29, 0.717) is 37.1 Å². The molecule has 0 aliphatic carbocycles. The number of nitrogens with zero attached hydrogens (tertiary/aromatic N) is 2. The zero-order chi connectivity index (χ0) is 17.4. The van der Waals surface area contributed by atoms with Crippen LogP contribution in [-0.2, 0) is 16.7 Å². The second-order valence-corrected chi connectivity index (χ2v) is 10.2. The predicted molar refractivity (Wildman–Crippen MR) is 99.9 cm³/mol. The molecule has 132 valence electrons. The Morgan fingerprint density at radius 1 is 1.08 bits per heavy atom. The Morgan fingerprint density at radius 3 is 2.52 bits per heavy atom. The summed E-state index contributed by atoms with van der Waals surface area (Å²) in [6.45, 7) is 2.95. The van der Waals surface area contributed by atoms with Crippen molar-refractivity contribution >= 4 is 43.0 Å². The van der Waals surface area contributed by atoms with Crippen molar-refractivity contribution in [3.8, 4) is 0 Å². The SMILES string of the molecule is O=c1c2ccccc2sn1C[NH+]1CCN(S(=O)(=O)c2cccs2)CC1. The van der Waals surface area contributed by atoms with E-state index in [1.807, 2.05) is 24.3 Å². The third-order valence-corrected chi connectivity index (χ3v) is 8.78. The van der Waals surface area contributed by atoms with Gasteiger partial charge in [0.2, 0.25) is 0 Å². The first-order valence-corrected chi connectivity index (χ1v) is 11.1. The van der Waals surface area contributed by atoms with Gasteiger partial charge in [0.1, 0.15) is 4.21 Å². The van der Waals surface area contributed by atoms with Crippen LogP contribution in [0.1, 0.15) is 0 Å². The van der Waals surface area contributed by atoms with Crippen molar-refractivity contribution in [1.29, 1.82) is 0 Å². The average molecular weight is 397 g/mol. The average Bonchev–Trinajstić information content (AvgIpc) is 3.26. The van der Waals surface area contributed by atoms with Gasteiger partial charge < -0.3 is 4.90 Å². The second kappa shape index (κ2) is 6.65. The highest BCUT2D eigenvalue weighted by molar-refractivity contribution is 7.91. The molecule has 1 N–H and O–H groups in total. The number of fused-ring (bicyclic) bond motifs is 1. The van der Waals surface area contributed by atoms with Crippen molar-refractivity contribution in [2.45, 2.75) is 10.9 Å². The van der Waals surface area contributed by atoms with Crippen LogP contribution in [0.3, 0.4) is 0 Å². The molecule has 0 spiro atoms. The van der Waals surface area contributed by atoms with Crippen LogP contribution in [0.15, 0.2) is 50.8 Å². The number of nitrogens with one attached hydrogen (secondary N) is 1. The van der Waals surface area contributed by atoms with E-state index in [-0.39, 0.29) is 5.56 Å². The fraction of sp³-hybridized carbons (Fsp3) is 0.312. The fourth-order valence-corrected chi connectivity index (χ4v) is 6.71. The third-order valence-electron chi connectivity index (χ3n) is 4.44. The number of piperazine rings is 1. The van der Waals surface area contributed by atoms with E-state index >= 15 is 0 Å². The molecule has 0 radical (unpaired) electrons. The van der Waals surface area contributed by atoms with Crippen LogP contribution >= 0.6 is 22.9 Å². The van der Waals surface area contributed by atoms with Crippen molar-refractivity contribution in [2.24, 2.45) is 0 Å². The number of hydrogen-bond acceptors (Lipinski definition) is 5. The van der Waals surface area contributed by atoms with Crippen molar-refractivity contribution in [3.05, 3.63) is 52.1 Å². The molecule has 0 amide bonds. The molecule has 1 fully saturated rings. The highest BCUT2D eigenvalue weighted by atomic mass is 32.2. The standard InChI is InChI=1S/C16H17N3O3S3/c20-16-13-4-1-2-5-14(13)24-19(16)12-17-7-9-18(10-8-17)25(21,22)15-6-3-11-23-15/h1-6,11H,7-10,12H2/p+1. The van der Waals surface area contributed by atoms with E-state index < -0.39 is 10.0 Å². The maximum Gasteiger partial charge on any atom is 0.273 e. The molecule has 0 unspecified atom stereocenters. The second-order valence-electron chi connectivity index (χ2n) is 6.02. The summed E-state index contributed by atoms with van der Waals surface area (Å²) < 4.78 is 29.8. The predicted octanol–water partition coefficient (Wildman–Crippen LogP) is 0.671. The van der Waals surface area contributed by atoms with Gasteiger partial charge in [0.05, 0.1) is 36.3 Å². The molecule has 2 aromatic heterocycles. The van der Waals surface area contributed by atoms with Crippen molar-refractivity contribution in [3.63, 3.8) is 0 Å². The molecular weight excluding hydrogens is 378 g/mol. The summed E-state index contributed by atoms with van der Waals surface area (Å²) in [5, 5.41) is 2.54. The highest BCUT2D eigenvalue weighted by Crippen LogP contribution is 2.20. The molecule has 25 heavy (non-hydrogen) atoms. The number of quaternary nitrogens is 1. The summed E-state index contributed by atoms with van der Waals surface area (Å²) in [5.41, 5.74) is 0.0433. The monoisotopic (exact) mass is 396 g/mol. The largest absolute Gasteiger partial charge is 0.315 e. The lowest BCUT2D eigenvalue weighted by atomic mass is 10.3. The Hall–Kier alpha value is -1.52. The van der Waals surface area contributed by atoms with E-state index in [1.54, 1.807) is 25.8 Å². The van der Waals surface area contributed by atoms with Gasteiger partial charge in [-0.15, -0.1) is 11.3 Å². The molecule has 0 bridgehead atoms. The van der Waals surface area contributed by atoms with Crippen molar-refractivity contribution in [1.82, 2.24) is 8.26 Å². The van der Waals surface area contributed by atoms with E-state index in [9.17, 15) is 13.2 Å². The van der Waals surface area contributed by atoms with E-state index in [0.717, 1.165) is 10.1 Å². The Bertz CT molecular complexity index is 1030. The Morgan fingerprint density at radius 2 is 1.84 bits per heavy atom. The molecule has 9 heteroatoms. The number of thiophene rings is 1. The number of hydrogen-bond donors (Lipinski definition) is 1. The Kier molecular flexibility index (Phi) is 4.50. The number of aromatic nitrogens is 1. The van der Waals surface area contributed by atoms with E-state index in [1.165, 1.54) is 27.8 Å². The maximum absolute atomic E-state index is 12.6. The molecule has 6 nitrogen and oxygen atoms in total. The minimum atomic E-state index is -3.37. The normalized spacial score (nSPS) is 17.3. The minimum Gasteiger partial charge on any atom is -0.315 e. The van der Waals surface area contributed by atoms with Crippen LogP contribution in [0.5, 0.6) is 0 Å². The third kappa shape index (κ3) is 3.18. The summed E-state index contributed by atoms with van der Waals surface area (Å²) >= 11 is 2.73. The van der Waals surface area contributed by atoms with Gasteiger partial charge in [0.15, 0.2) is 6.67 Å². The molecule has 4 rings (SSSR count). The summed E-state index contributed by atoms with van der Waals surface area (Å²) in [6.07, 6.45) is 0. The zero-order valence-electron chi connectivity index (χ0n) is 13.4. The lowest BCUT2D eigenvalue weighted by Gasteiger charge is -2.30. The smallest absolute Gasteiger partial charge is 0.273 e. The van der Waals surface area contributed by atoms with Crippen LogP contribution in [0.4, 0.5) is 0 Å². The maximum atomic E-state index is 12.6. The first-order chi connectivity index (χ1) is 12.1. The lowest BCUT2D eigenvalue weighted by molar-refractivity contribution is -0.925. The Labute approximate surface area is 153 Å². The molecule has 1 aliphatic heterocycles. The van der Waals surface area contributed by atoms with Crippen LogP contribution in [0.25, 0.3) is 10.1 Å². The number of benzene rings is 1. The molecule has 1 saturated heterocycles. The summed E-state index contributed by atoms with van der Waals surface area (Å²) in [6, 6.07) is 11.0. The van der Waals surface area contributed by atoms with Crippen LogP contribution in [0, 0.1) is 0 Å². The zero-order valence-corrected chi connectivity index (χ0v) is 15.9. The minimum absolute atomic E-state index is 0.0433. The Balaban J connectivity index is 1.45. The molecule has 3 aromatic rings. The van der Waals surface area contributed by atoms with Crippen molar-refractivity contribution < 1.29 is 13.3 Å². The van der Waals surface area contributed by atoms with Crippen LogP contribution in [0.2, 0.25) is 0 Å². The van der Waals surface area contributed by atoms with Crippen LogP contribution < -0.4 is 10.5 Å². The number of rotatable bonds is 4. The molecule has 1 aromatic carbocycles. The number of sulfonamides is 1. The van der Waals surface area contributed by atoms with Gasteiger partial charge in [0, 0.05) is 0 Å². The lowest BCUT2D eigenvalue weighted by Crippen LogP contribution is -3.14. The van der Waals surface area contributed by atoms with Gasteiger partial charge in [-0.25, -0.2) is 12.4 Å². The summed E-state index contributed by atoms with van der Waals surface area (Å²) in [7, 11) is -3.37. The topological polar surface area (TPSA) is 63.8 Å². The highest BCUT2D eigenvalue weighted by Gasteiger charge is 2.31. The molecule has 0 atom stereocenters. The quantitative estimate of drug-likeness (QED) is 0.705. The first kappa shape index (κ1) is 16.9. The van der Waals surface area contributed by atoms with Gasteiger partial charge in [0.25, 0.3) is 15.6 Å². The molecule has 3 heterocycles. The first-order valence-electron chi connectivity index (χ1n) is 8.02. The van der Waals surface area contributed by atoms with Crippen LogP contribution in [-0.4, -0.2) is 42.9 Å². The molecular formula is C16H18N3O3S3+. The summed E-state index contributed by atoms with van der Waals surface area (Å²) in [5.74, 6) is 0. The molecule has 0 saturated carbocycles. The van der Waals surface area contributed by atoms with Gasteiger partial charge >= 0.3 is 0 Å². The van der Waals surface area contributed by atoms with Crippen molar-refractivity contribution in [2.75, 3.05) is 26.2 Å². The van der Waals surface area contributed by atoms with E-state index in [2.05, 4.69) is 0 Å². The molecule has 1 aliphatic rings. The van der Waals surface area contributed by atoms with Gasteiger partial charge in [-0.1, -0.05) is 29.7 Å². The summed E-state index contributed by atoms with van der Waals surface area (Å²) in [4.78, 5) is 13.7. The fourth-order valence-electron chi connectivity index (χ4n) is 3.06. The van der Waals surface area contributed by atoms with Gasteiger partial charge in [-0.05, 0) is 23.6 Å². The van der Waals surface area contributed by atoms with E-state index in [4.69, 9.17) is 0 Å². The van der Waals surface area contributed by atoms with Gasteiger partial charge in [-0.3, -0.25) is 4.79 Å².